The van der Waals surface area contributed by atoms with Gasteiger partial charge in [-0.05, 0) is 52.7 Å². The number of amides is 1. The van der Waals surface area contributed by atoms with Crippen molar-refractivity contribution in [2.45, 2.75) is 6.92 Å². The number of anilines is 1. The summed E-state index contributed by atoms with van der Waals surface area (Å²) >= 11 is 3.22. The number of aromatic hydroxyl groups is 1. The zero-order valence-corrected chi connectivity index (χ0v) is 11.2. The SMILES string of the molecule is Cc1ccc(C(=O)Nc2ccc(Br)nc2)cc1O. The van der Waals surface area contributed by atoms with Crippen molar-refractivity contribution in [1.82, 2.24) is 4.98 Å². The molecular formula is C13H11BrN2O2. The molecule has 4 nitrogen and oxygen atoms in total. The minimum Gasteiger partial charge on any atom is -0.508 e. The number of hydrogen-bond donors (Lipinski definition) is 2. The summed E-state index contributed by atoms with van der Waals surface area (Å²) < 4.78 is 0.702. The number of rotatable bonds is 2. The van der Waals surface area contributed by atoms with E-state index in [4.69, 9.17) is 0 Å². The molecule has 0 aliphatic rings. The molecule has 2 aromatic rings. The Morgan fingerprint density at radius 2 is 2.11 bits per heavy atom. The first-order chi connectivity index (χ1) is 8.56. The number of benzene rings is 1. The first kappa shape index (κ1) is 12.6. The summed E-state index contributed by atoms with van der Waals surface area (Å²) in [4.78, 5) is 15.9. The van der Waals surface area contributed by atoms with Gasteiger partial charge < -0.3 is 10.4 Å². The zero-order valence-electron chi connectivity index (χ0n) is 9.64. The minimum absolute atomic E-state index is 0.108. The van der Waals surface area contributed by atoms with Gasteiger partial charge in [-0.25, -0.2) is 4.98 Å². The van der Waals surface area contributed by atoms with Gasteiger partial charge in [-0.3, -0.25) is 4.79 Å². The molecule has 0 spiro atoms. The molecule has 1 heterocycles. The molecular weight excluding hydrogens is 296 g/mol. The van der Waals surface area contributed by atoms with Crippen LogP contribution in [-0.2, 0) is 0 Å². The Hall–Kier alpha value is -1.88. The molecule has 5 heteroatoms. The fraction of sp³-hybridized carbons (Fsp3) is 0.0769. The predicted octanol–water partition coefficient (Wildman–Crippen LogP) is 3.11. The van der Waals surface area contributed by atoms with Crippen molar-refractivity contribution in [2.75, 3.05) is 5.32 Å². The summed E-state index contributed by atoms with van der Waals surface area (Å²) in [5, 5.41) is 12.3. The van der Waals surface area contributed by atoms with Crippen LogP contribution >= 0.6 is 15.9 Å². The van der Waals surface area contributed by atoms with Crippen LogP contribution in [0.15, 0.2) is 41.1 Å². The van der Waals surface area contributed by atoms with Crippen molar-refractivity contribution in [1.29, 1.82) is 0 Å². The summed E-state index contributed by atoms with van der Waals surface area (Å²) in [5.41, 5.74) is 1.74. The van der Waals surface area contributed by atoms with E-state index in [1.165, 1.54) is 6.07 Å². The van der Waals surface area contributed by atoms with Crippen molar-refractivity contribution >= 4 is 27.5 Å². The molecule has 0 saturated heterocycles. The molecule has 0 radical (unpaired) electrons. The summed E-state index contributed by atoms with van der Waals surface area (Å²) in [6.45, 7) is 1.77. The van der Waals surface area contributed by atoms with Crippen molar-refractivity contribution in [3.05, 3.63) is 52.3 Å². The molecule has 0 bridgehead atoms. The van der Waals surface area contributed by atoms with Crippen LogP contribution in [0.1, 0.15) is 15.9 Å². The van der Waals surface area contributed by atoms with Gasteiger partial charge in [0.05, 0.1) is 11.9 Å². The zero-order chi connectivity index (χ0) is 13.1. The average molecular weight is 307 g/mol. The van der Waals surface area contributed by atoms with Crippen LogP contribution < -0.4 is 5.32 Å². The summed E-state index contributed by atoms with van der Waals surface area (Å²) in [6, 6.07) is 8.28. The van der Waals surface area contributed by atoms with Crippen LogP contribution in [-0.4, -0.2) is 16.0 Å². The standard InChI is InChI=1S/C13H11BrN2O2/c1-8-2-3-9(6-11(8)17)13(18)16-10-4-5-12(14)15-7-10/h2-7,17H,1H3,(H,16,18). The molecule has 2 rings (SSSR count). The third-order valence-electron chi connectivity index (χ3n) is 2.46. The Labute approximate surface area is 113 Å². The highest BCUT2D eigenvalue weighted by Gasteiger charge is 2.08. The Kier molecular flexibility index (Phi) is 3.62. The number of nitrogens with zero attached hydrogens (tertiary/aromatic N) is 1. The lowest BCUT2D eigenvalue weighted by Gasteiger charge is -2.06. The number of hydrogen-bond acceptors (Lipinski definition) is 3. The smallest absolute Gasteiger partial charge is 0.255 e. The van der Waals surface area contributed by atoms with Gasteiger partial charge in [0.25, 0.3) is 5.91 Å². The number of phenolic OH excluding ortho intramolecular Hbond substituents is 1. The van der Waals surface area contributed by atoms with E-state index in [1.54, 1.807) is 37.4 Å². The van der Waals surface area contributed by atoms with Crippen LogP contribution in [0, 0.1) is 6.92 Å². The van der Waals surface area contributed by atoms with Crippen molar-refractivity contribution in [3.8, 4) is 5.75 Å². The molecule has 0 unspecified atom stereocenters. The number of phenols is 1. The lowest BCUT2D eigenvalue weighted by molar-refractivity contribution is 0.102. The molecule has 0 aliphatic carbocycles. The van der Waals surface area contributed by atoms with Gasteiger partial charge in [-0.15, -0.1) is 0 Å². The van der Waals surface area contributed by atoms with Gasteiger partial charge in [0.2, 0.25) is 0 Å². The number of aryl methyl sites for hydroxylation is 1. The molecule has 1 aromatic carbocycles. The second-order valence-electron chi connectivity index (χ2n) is 3.82. The Morgan fingerprint density at radius 1 is 1.33 bits per heavy atom. The fourth-order valence-electron chi connectivity index (χ4n) is 1.40. The van der Waals surface area contributed by atoms with Crippen LogP contribution in [0.3, 0.4) is 0 Å². The molecule has 92 valence electrons. The van der Waals surface area contributed by atoms with E-state index in [2.05, 4.69) is 26.2 Å². The van der Waals surface area contributed by atoms with E-state index in [0.29, 0.717) is 15.9 Å². The summed E-state index contributed by atoms with van der Waals surface area (Å²) in [5.74, 6) is -0.175. The number of aromatic nitrogens is 1. The van der Waals surface area contributed by atoms with E-state index < -0.39 is 0 Å². The molecule has 2 N–H and O–H groups in total. The first-order valence-electron chi connectivity index (χ1n) is 5.29. The van der Waals surface area contributed by atoms with Crippen LogP contribution in [0.2, 0.25) is 0 Å². The highest BCUT2D eigenvalue weighted by Crippen LogP contribution is 2.18. The maximum absolute atomic E-state index is 11.9. The molecule has 18 heavy (non-hydrogen) atoms. The van der Waals surface area contributed by atoms with Crippen molar-refractivity contribution < 1.29 is 9.90 Å². The van der Waals surface area contributed by atoms with E-state index >= 15 is 0 Å². The van der Waals surface area contributed by atoms with E-state index in [1.807, 2.05) is 0 Å². The Morgan fingerprint density at radius 3 is 2.72 bits per heavy atom. The monoisotopic (exact) mass is 306 g/mol. The van der Waals surface area contributed by atoms with Gasteiger partial charge in [0, 0.05) is 5.56 Å². The molecule has 0 fully saturated rings. The maximum Gasteiger partial charge on any atom is 0.255 e. The third-order valence-corrected chi connectivity index (χ3v) is 2.93. The topological polar surface area (TPSA) is 62.2 Å². The lowest BCUT2D eigenvalue weighted by Crippen LogP contribution is -2.11. The van der Waals surface area contributed by atoms with Gasteiger partial charge in [-0.2, -0.15) is 0 Å². The van der Waals surface area contributed by atoms with Gasteiger partial charge in [-0.1, -0.05) is 6.07 Å². The van der Waals surface area contributed by atoms with Crippen LogP contribution in [0.5, 0.6) is 5.75 Å². The Balaban J connectivity index is 2.16. The average Bonchev–Trinajstić information content (AvgIpc) is 2.35. The number of halogens is 1. The number of pyridine rings is 1. The summed E-state index contributed by atoms with van der Waals surface area (Å²) in [7, 11) is 0. The van der Waals surface area contributed by atoms with Crippen LogP contribution in [0.4, 0.5) is 5.69 Å². The highest BCUT2D eigenvalue weighted by molar-refractivity contribution is 9.10. The fourth-order valence-corrected chi connectivity index (χ4v) is 1.64. The molecule has 0 atom stereocenters. The third kappa shape index (κ3) is 2.87. The highest BCUT2D eigenvalue weighted by atomic mass is 79.9. The number of carbonyl (C=O) groups excluding carboxylic acids is 1. The first-order valence-corrected chi connectivity index (χ1v) is 6.08. The van der Waals surface area contributed by atoms with Crippen LogP contribution in [0.25, 0.3) is 0 Å². The number of carbonyl (C=O) groups is 1. The van der Waals surface area contributed by atoms with Crippen molar-refractivity contribution in [2.24, 2.45) is 0 Å². The van der Waals surface area contributed by atoms with Crippen molar-refractivity contribution in [3.63, 3.8) is 0 Å². The molecule has 1 amide bonds. The van der Waals surface area contributed by atoms with Gasteiger partial charge in [0.15, 0.2) is 0 Å². The Bertz CT molecular complexity index is 582. The summed E-state index contributed by atoms with van der Waals surface area (Å²) in [6.07, 6.45) is 1.55. The van der Waals surface area contributed by atoms with Gasteiger partial charge >= 0.3 is 0 Å². The maximum atomic E-state index is 11.9. The van der Waals surface area contributed by atoms with E-state index in [9.17, 15) is 9.90 Å². The molecule has 0 saturated carbocycles. The molecule has 1 aromatic heterocycles. The quantitative estimate of drug-likeness (QED) is 0.838. The number of nitrogens with one attached hydrogen (secondary N) is 1. The lowest BCUT2D eigenvalue weighted by atomic mass is 10.1. The second kappa shape index (κ2) is 5.18. The van der Waals surface area contributed by atoms with Gasteiger partial charge in [0.1, 0.15) is 10.4 Å². The largest absolute Gasteiger partial charge is 0.508 e. The normalized spacial score (nSPS) is 10.1. The predicted molar refractivity (Wildman–Crippen MR) is 72.7 cm³/mol. The van der Waals surface area contributed by atoms with E-state index in [-0.39, 0.29) is 11.7 Å². The molecule has 0 aliphatic heterocycles. The van der Waals surface area contributed by atoms with E-state index in [0.717, 1.165) is 5.56 Å². The minimum atomic E-state index is -0.283. The second-order valence-corrected chi connectivity index (χ2v) is 4.64.